The highest BCUT2D eigenvalue weighted by molar-refractivity contribution is 7.92. The first-order valence-corrected chi connectivity index (χ1v) is 11.7. The molecular weight excluding hydrogens is 450 g/mol. The van der Waals surface area contributed by atoms with Crippen LogP contribution in [0.15, 0.2) is 65.6 Å². The molecule has 6 nitrogen and oxygen atoms in total. The number of hydrogen-bond acceptors (Lipinski definition) is 5. The highest BCUT2D eigenvalue weighted by Gasteiger charge is 2.32. The second kappa shape index (κ2) is 9.71. The summed E-state index contributed by atoms with van der Waals surface area (Å²) in [5.41, 5.74) is 1.92. The zero-order chi connectivity index (χ0) is 23.5. The van der Waals surface area contributed by atoms with Gasteiger partial charge in [-0.2, -0.15) is 0 Å². The van der Waals surface area contributed by atoms with Gasteiger partial charge in [0, 0.05) is 10.6 Å². The molecule has 0 heterocycles. The summed E-state index contributed by atoms with van der Waals surface area (Å²) in [6.07, 6.45) is 0. The maximum Gasteiger partial charge on any atom is 0.264 e. The second-order valence-electron chi connectivity index (χ2n) is 7.19. The number of benzene rings is 3. The molecule has 3 aromatic rings. The number of methoxy groups -OCH3 is 3. The Morgan fingerprint density at radius 3 is 2.03 bits per heavy atom. The molecule has 0 aliphatic heterocycles. The SMILES string of the molecule is COc1ccc(N(C(C)c2cc(OC)ccc2OC)S(=O)(=O)c2ccc(C)c(Cl)c2)cc1. The van der Waals surface area contributed by atoms with E-state index in [-0.39, 0.29) is 4.90 Å². The molecule has 0 amide bonds. The van der Waals surface area contributed by atoms with Crippen LogP contribution < -0.4 is 18.5 Å². The van der Waals surface area contributed by atoms with Crippen LogP contribution in [0.5, 0.6) is 17.2 Å². The van der Waals surface area contributed by atoms with Crippen LogP contribution in [-0.4, -0.2) is 29.7 Å². The summed E-state index contributed by atoms with van der Waals surface area (Å²) < 4.78 is 45.2. The van der Waals surface area contributed by atoms with Crippen LogP contribution in [-0.2, 0) is 10.0 Å². The third kappa shape index (κ3) is 4.64. The maximum atomic E-state index is 13.9. The van der Waals surface area contributed by atoms with Crippen LogP contribution in [0.1, 0.15) is 24.1 Å². The summed E-state index contributed by atoms with van der Waals surface area (Å²) in [5.74, 6) is 1.77. The van der Waals surface area contributed by atoms with Gasteiger partial charge >= 0.3 is 0 Å². The molecule has 0 fully saturated rings. The largest absolute Gasteiger partial charge is 0.497 e. The Morgan fingerprint density at radius 1 is 0.844 bits per heavy atom. The predicted molar refractivity (Wildman–Crippen MR) is 127 cm³/mol. The van der Waals surface area contributed by atoms with E-state index in [0.717, 1.165) is 5.56 Å². The first kappa shape index (κ1) is 23.8. The van der Waals surface area contributed by atoms with Crippen molar-refractivity contribution in [3.63, 3.8) is 0 Å². The van der Waals surface area contributed by atoms with Gasteiger partial charge in [0.15, 0.2) is 0 Å². The van der Waals surface area contributed by atoms with Gasteiger partial charge in [-0.25, -0.2) is 8.42 Å². The van der Waals surface area contributed by atoms with Gasteiger partial charge < -0.3 is 14.2 Å². The van der Waals surface area contributed by atoms with E-state index in [1.165, 1.54) is 10.4 Å². The quantitative estimate of drug-likeness (QED) is 0.422. The lowest BCUT2D eigenvalue weighted by atomic mass is 10.1. The first-order chi connectivity index (χ1) is 15.2. The number of rotatable bonds is 8. The fraction of sp³-hybridized carbons (Fsp3) is 0.250. The first-order valence-electron chi connectivity index (χ1n) is 9.89. The Balaban J connectivity index is 2.22. The fourth-order valence-electron chi connectivity index (χ4n) is 3.44. The predicted octanol–water partition coefficient (Wildman–Crippen LogP) is 5.63. The molecule has 8 heteroatoms. The molecule has 170 valence electrons. The minimum Gasteiger partial charge on any atom is -0.497 e. The molecule has 0 aliphatic rings. The molecule has 0 bridgehead atoms. The van der Waals surface area contributed by atoms with E-state index in [1.54, 1.807) is 82.9 Å². The molecule has 0 saturated carbocycles. The molecule has 3 rings (SSSR count). The second-order valence-corrected chi connectivity index (χ2v) is 9.42. The lowest BCUT2D eigenvalue weighted by molar-refractivity contribution is 0.396. The van der Waals surface area contributed by atoms with E-state index in [9.17, 15) is 8.42 Å². The number of ether oxygens (including phenoxy) is 3. The van der Waals surface area contributed by atoms with Crippen molar-refractivity contribution in [2.24, 2.45) is 0 Å². The molecular formula is C24H26ClNO5S. The topological polar surface area (TPSA) is 65.1 Å². The van der Waals surface area contributed by atoms with Crippen LogP contribution in [0.2, 0.25) is 5.02 Å². The van der Waals surface area contributed by atoms with Crippen LogP contribution >= 0.6 is 11.6 Å². The minimum atomic E-state index is -3.99. The van der Waals surface area contributed by atoms with E-state index in [4.69, 9.17) is 25.8 Å². The van der Waals surface area contributed by atoms with E-state index in [2.05, 4.69) is 0 Å². The van der Waals surface area contributed by atoms with Crippen molar-refractivity contribution in [3.05, 3.63) is 76.8 Å². The van der Waals surface area contributed by atoms with E-state index in [0.29, 0.717) is 33.5 Å². The Morgan fingerprint density at radius 2 is 1.47 bits per heavy atom. The number of halogens is 1. The molecule has 0 radical (unpaired) electrons. The number of nitrogens with zero attached hydrogens (tertiary/aromatic N) is 1. The van der Waals surface area contributed by atoms with Crippen molar-refractivity contribution in [2.75, 3.05) is 25.6 Å². The molecule has 0 spiro atoms. The van der Waals surface area contributed by atoms with Crippen LogP contribution in [0.25, 0.3) is 0 Å². The standard InChI is InChI=1S/C24H26ClNO5S/c1-16-6-12-21(15-23(16)25)32(27,28)26(18-7-9-19(29-3)10-8-18)17(2)22-14-20(30-4)11-13-24(22)31-5/h6-15,17H,1-5H3. The molecule has 0 saturated heterocycles. The highest BCUT2D eigenvalue weighted by Crippen LogP contribution is 2.39. The normalized spacial score (nSPS) is 12.2. The number of hydrogen-bond donors (Lipinski definition) is 0. The Labute approximate surface area is 194 Å². The van der Waals surface area contributed by atoms with Gasteiger partial charge in [-0.15, -0.1) is 0 Å². The summed E-state index contributed by atoms with van der Waals surface area (Å²) >= 11 is 6.26. The molecule has 3 aromatic carbocycles. The average Bonchev–Trinajstić information content (AvgIpc) is 2.80. The summed E-state index contributed by atoms with van der Waals surface area (Å²) in [5, 5.41) is 0.382. The van der Waals surface area contributed by atoms with Gasteiger partial charge in [-0.05, 0) is 74.0 Å². The smallest absolute Gasteiger partial charge is 0.264 e. The van der Waals surface area contributed by atoms with Crippen molar-refractivity contribution in [1.29, 1.82) is 0 Å². The van der Waals surface area contributed by atoms with E-state index >= 15 is 0 Å². The van der Waals surface area contributed by atoms with Gasteiger partial charge in [-0.1, -0.05) is 17.7 Å². The third-order valence-corrected chi connectivity index (χ3v) is 7.57. The number of aryl methyl sites for hydroxylation is 1. The van der Waals surface area contributed by atoms with Gasteiger partial charge in [0.2, 0.25) is 0 Å². The van der Waals surface area contributed by atoms with Crippen molar-refractivity contribution >= 4 is 27.3 Å². The summed E-state index contributed by atoms with van der Waals surface area (Å²) in [6.45, 7) is 3.62. The van der Waals surface area contributed by atoms with Crippen molar-refractivity contribution in [1.82, 2.24) is 0 Å². The average molecular weight is 476 g/mol. The zero-order valence-corrected chi connectivity index (χ0v) is 20.2. The molecule has 1 unspecified atom stereocenters. The van der Waals surface area contributed by atoms with Gasteiger partial charge in [0.25, 0.3) is 10.0 Å². The van der Waals surface area contributed by atoms with Crippen molar-refractivity contribution < 1.29 is 22.6 Å². The van der Waals surface area contributed by atoms with Crippen molar-refractivity contribution in [3.8, 4) is 17.2 Å². The number of sulfonamides is 1. The monoisotopic (exact) mass is 475 g/mol. The molecule has 1 atom stereocenters. The summed E-state index contributed by atoms with van der Waals surface area (Å²) in [4.78, 5) is 0.0950. The lowest BCUT2D eigenvalue weighted by Crippen LogP contribution is -2.34. The Kier molecular flexibility index (Phi) is 7.21. The molecule has 0 aromatic heterocycles. The molecule has 0 aliphatic carbocycles. The van der Waals surface area contributed by atoms with Crippen molar-refractivity contribution in [2.45, 2.75) is 24.8 Å². The highest BCUT2D eigenvalue weighted by atomic mass is 35.5. The molecule has 32 heavy (non-hydrogen) atoms. The van der Waals surface area contributed by atoms with Crippen LogP contribution in [0.4, 0.5) is 5.69 Å². The van der Waals surface area contributed by atoms with E-state index in [1.807, 2.05) is 6.92 Å². The van der Waals surface area contributed by atoms with Gasteiger partial charge in [-0.3, -0.25) is 4.31 Å². The summed E-state index contributed by atoms with van der Waals surface area (Å²) in [6, 6.07) is 16.2. The maximum absolute atomic E-state index is 13.9. The van der Waals surface area contributed by atoms with Crippen LogP contribution in [0, 0.1) is 6.92 Å². The summed E-state index contributed by atoms with van der Waals surface area (Å²) in [7, 11) is 0.668. The van der Waals surface area contributed by atoms with Crippen LogP contribution in [0.3, 0.4) is 0 Å². The minimum absolute atomic E-state index is 0.0950. The van der Waals surface area contributed by atoms with Gasteiger partial charge in [0.05, 0.1) is 38.0 Å². The Hall–Kier alpha value is -2.90. The third-order valence-electron chi connectivity index (χ3n) is 5.27. The lowest BCUT2D eigenvalue weighted by Gasteiger charge is -2.32. The fourth-order valence-corrected chi connectivity index (χ4v) is 5.35. The van der Waals surface area contributed by atoms with E-state index < -0.39 is 16.1 Å². The zero-order valence-electron chi connectivity index (χ0n) is 18.6. The number of anilines is 1. The molecule has 0 N–H and O–H groups in total. The Bertz CT molecular complexity index is 1200. The van der Waals surface area contributed by atoms with Gasteiger partial charge in [0.1, 0.15) is 17.2 Å².